The summed E-state index contributed by atoms with van der Waals surface area (Å²) >= 11 is 1.86. The Morgan fingerprint density at radius 2 is 1.12 bits per heavy atom. The average Bonchev–Trinajstić information content (AvgIpc) is 3.40. The van der Waals surface area contributed by atoms with Crippen molar-refractivity contribution in [1.29, 1.82) is 0 Å². The van der Waals surface area contributed by atoms with E-state index in [4.69, 9.17) is 0 Å². The van der Waals surface area contributed by atoms with Crippen LogP contribution in [0.3, 0.4) is 0 Å². The first-order chi connectivity index (χ1) is 20.1. The highest BCUT2D eigenvalue weighted by molar-refractivity contribution is 7.25. The molecule has 41 heavy (non-hydrogen) atoms. The van der Waals surface area contributed by atoms with E-state index < -0.39 is 0 Å². The summed E-state index contributed by atoms with van der Waals surface area (Å²) < 4.78 is 2.66. The first-order valence-corrected chi connectivity index (χ1v) is 14.4. The normalized spacial score (nSPS) is 10.8. The van der Waals surface area contributed by atoms with Gasteiger partial charge in [0.25, 0.3) is 0 Å². The third-order valence-electron chi connectivity index (χ3n) is 6.84. The molecule has 0 bridgehead atoms. The number of fused-ring (bicyclic) bond motifs is 3. The van der Waals surface area contributed by atoms with Crippen LogP contribution in [0.1, 0.15) is 6.92 Å². The number of allylic oxidation sites excluding steroid dienone is 5. The van der Waals surface area contributed by atoms with E-state index in [9.17, 15) is 0 Å². The van der Waals surface area contributed by atoms with E-state index in [0.29, 0.717) is 0 Å². The fourth-order valence-corrected chi connectivity index (χ4v) is 6.12. The number of thiophene rings is 1. The lowest BCUT2D eigenvalue weighted by atomic mass is 9.99. The molecule has 0 amide bonds. The number of nitrogens with zero attached hydrogens (tertiary/aromatic N) is 1. The Morgan fingerprint density at radius 3 is 1.73 bits per heavy atom. The van der Waals surface area contributed by atoms with Gasteiger partial charge in [-0.25, -0.2) is 0 Å². The Labute approximate surface area is 247 Å². The summed E-state index contributed by atoms with van der Waals surface area (Å²) in [4.78, 5) is 2.21. The molecule has 0 aliphatic rings. The van der Waals surface area contributed by atoms with Crippen molar-refractivity contribution in [3.8, 4) is 22.3 Å². The summed E-state index contributed by atoms with van der Waals surface area (Å²) in [5, 5.41) is 2.67. The van der Waals surface area contributed by atoms with Crippen LogP contribution >= 0.6 is 11.3 Å². The molecular weight excluding hydrogens is 515 g/mol. The van der Waals surface area contributed by atoms with E-state index in [1.165, 1.54) is 42.4 Å². The van der Waals surface area contributed by atoms with Gasteiger partial charge in [0.2, 0.25) is 0 Å². The molecule has 0 spiro atoms. The second-order valence-corrected chi connectivity index (χ2v) is 10.7. The van der Waals surface area contributed by atoms with Crippen LogP contribution in [0.5, 0.6) is 0 Å². The molecule has 0 saturated heterocycles. The van der Waals surface area contributed by atoms with Crippen LogP contribution in [0.4, 0.5) is 11.4 Å². The SMILES string of the molecule is C=C(C)N(c1ccc(-c2ccccc2)cc1)c1ccc(-c2cccc3sc4ccccc4c23)cc1.C=C/C=C\C=C. The van der Waals surface area contributed by atoms with Crippen LogP contribution in [0.2, 0.25) is 0 Å². The van der Waals surface area contributed by atoms with E-state index in [2.05, 4.69) is 147 Å². The van der Waals surface area contributed by atoms with Gasteiger partial charge >= 0.3 is 0 Å². The number of hydrogen-bond acceptors (Lipinski definition) is 2. The molecule has 0 N–H and O–H groups in total. The molecule has 0 unspecified atom stereocenters. The zero-order chi connectivity index (χ0) is 28.6. The molecular formula is C39H33NS. The molecule has 0 radical (unpaired) electrons. The first kappa shape index (κ1) is 27.6. The summed E-state index contributed by atoms with van der Waals surface area (Å²) in [5.74, 6) is 0. The number of rotatable bonds is 7. The van der Waals surface area contributed by atoms with Crippen molar-refractivity contribution in [3.05, 3.63) is 171 Å². The Morgan fingerprint density at radius 1 is 0.585 bits per heavy atom. The summed E-state index contributed by atoms with van der Waals surface area (Å²) in [6.45, 7) is 13.2. The van der Waals surface area contributed by atoms with Crippen molar-refractivity contribution in [3.63, 3.8) is 0 Å². The Kier molecular flexibility index (Phi) is 8.73. The lowest BCUT2D eigenvalue weighted by molar-refractivity contribution is 1.17. The van der Waals surface area contributed by atoms with Crippen LogP contribution in [0.15, 0.2) is 171 Å². The largest absolute Gasteiger partial charge is 0.315 e. The Bertz CT molecular complexity index is 1810. The van der Waals surface area contributed by atoms with Gasteiger partial charge in [-0.1, -0.05) is 129 Å². The second kappa shape index (κ2) is 13.0. The molecule has 2 heteroatoms. The van der Waals surface area contributed by atoms with Crippen molar-refractivity contribution >= 4 is 42.9 Å². The van der Waals surface area contributed by atoms with Gasteiger partial charge in [-0.15, -0.1) is 11.3 Å². The molecule has 1 heterocycles. The van der Waals surface area contributed by atoms with Gasteiger partial charge in [0, 0.05) is 37.2 Å². The highest BCUT2D eigenvalue weighted by Crippen LogP contribution is 2.40. The fraction of sp³-hybridized carbons (Fsp3) is 0.0256. The van der Waals surface area contributed by atoms with Crippen molar-refractivity contribution in [2.75, 3.05) is 4.90 Å². The van der Waals surface area contributed by atoms with Gasteiger partial charge in [-0.05, 0) is 65.6 Å². The van der Waals surface area contributed by atoms with E-state index >= 15 is 0 Å². The van der Waals surface area contributed by atoms with Gasteiger partial charge in [0.1, 0.15) is 0 Å². The van der Waals surface area contributed by atoms with Crippen molar-refractivity contribution in [1.82, 2.24) is 0 Å². The summed E-state index contributed by atoms with van der Waals surface area (Å²) in [6, 6.07) is 43.3. The lowest BCUT2D eigenvalue weighted by Crippen LogP contribution is -2.13. The molecule has 0 saturated carbocycles. The Hall–Kier alpha value is -4.92. The van der Waals surface area contributed by atoms with Gasteiger partial charge in [-0.2, -0.15) is 0 Å². The minimum atomic E-state index is 0.983. The van der Waals surface area contributed by atoms with E-state index in [1.807, 2.05) is 29.6 Å². The molecule has 1 nitrogen and oxygen atoms in total. The smallest absolute Gasteiger partial charge is 0.0458 e. The van der Waals surface area contributed by atoms with Crippen LogP contribution in [0, 0.1) is 0 Å². The molecule has 1 aromatic heterocycles. The van der Waals surface area contributed by atoms with Crippen LogP contribution < -0.4 is 4.90 Å². The molecule has 0 fully saturated rings. The maximum atomic E-state index is 4.26. The van der Waals surface area contributed by atoms with E-state index in [0.717, 1.165) is 17.1 Å². The molecule has 5 aromatic carbocycles. The fourth-order valence-electron chi connectivity index (χ4n) is 4.99. The second-order valence-electron chi connectivity index (χ2n) is 9.66. The highest BCUT2D eigenvalue weighted by atomic mass is 32.1. The number of anilines is 2. The van der Waals surface area contributed by atoms with Crippen molar-refractivity contribution < 1.29 is 0 Å². The number of benzene rings is 5. The third kappa shape index (κ3) is 6.14. The molecule has 0 aliphatic carbocycles. The minimum absolute atomic E-state index is 0.983. The lowest BCUT2D eigenvalue weighted by Gasteiger charge is -2.25. The van der Waals surface area contributed by atoms with Gasteiger partial charge in [-0.3, -0.25) is 0 Å². The monoisotopic (exact) mass is 547 g/mol. The zero-order valence-corrected chi connectivity index (χ0v) is 24.1. The zero-order valence-electron chi connectivity index (χ0n) is 23.3. The first-order valence-electron chi connectivity index (χ1n) is 13.6. The average molecular weight is 548 g/mol. The van der Waals surface area contributed by atoms with Crippen molar-refractivity contribution in [2.45, 2.75) is 6.92 Å². The predicted molar refractivity (Wildman–Crippen MR) is 183 cm³/mol. The molecule has 0 aliphatic heterocycles. The maximum Gasteiger partial charge on any atom is 0.0458 e. The summed E-state index contributed by atoms with van der Waals surface area (Å²) in [7, 11) is 0. The third-order valence-corrected chi connectivity index (χ3v) is 7.97. The van der Waals surface area contributed by atoms with Gasteiger partial charge < -0.3 is 4.90 Å². The molecule has 0 atom stereocenters. The van der Waals surface area contributed by atoms with Crippen LogP contribution in [-0.2, 0) is 0 Å². The molecule has 6 aromatic rings. The topological polar surface area (TPSA) is 3.24 Å². The van der Waals surface area contributed by atoms with Gasteiger partial charge in [0.05, 0.1) is 0 Å². The predicted octanol–water partition coefficient (Wildman–Crippen LogP) is 12.0. The van der Waals surface area contributed by atoms with Crippen molar-refractivity contribution in [2.24, 2.45) is 0 Å². The Balaban J connectivity index is 0.000000511. The highest BCUT2D eigenvalue weighted by Gasteiger charge is 2.13. The quantitative estimate of drug-likeness (QED) is 0.180. The standard InChI is InChI=1S/C33H25NS.C6H8/c1-23(2)34(27-19-15-25(16-20-27)24-9-4-3-5-10-24)28-21-17-26(18-22-28)29-12-8-14-32-33(29)30-11-6-7-13-31(30)35-32;1-3-5-6-4-2/h3-22H,1H2,2H3;3-6H,1-2H2/b;6-5-. The summed E-state index contributed by atoms with van der Waals surface area (Å²) in [6.07, 6.45) is 7.07. The maximum absolute atomic E-state index is 4.26. The van der Waals surface area contributed by atoms with Crippen LogP contribution in [-0.4, -0.2) is 0 Å². The minimum Gasteiger partial charge on any atom is -0.315 e. The number of hydrogen-bond donors (Lipinski definition) is 0. The molecule has 200 valence electrons. The van der Waals surface area contributed by atoms with E-state index in [-0.39, 0.29) is 0 Å². The van der Waals surface area contributed by atoms with Gasteiger partial charge in [0.15, 0.2) is 0 Å². The van der Waals surface area contributed by atoms with Crippen LogP contribution in [0.25, 0.3) is 42.4 Å². The summed E-state index contributed by atoms with van der Waals surface area (Å²) in [5.41, 5.74) is 8.13. The van der Waals surface area contributed by atoms with E-state index in [1.54, 1.807) is 12.2 Å². The molecule has 6 rings (SSSR count).